The number of nitrogens with zero attached hydrogens (tertiary/aromatic N) is 1. The van der Waals surface area contributed by atoms with Crippen molar-refractivity contribution in [2.75, 3.05) is 14.1 Å². The van der Waals surface area contributed by atoms with Crippen molar-refractivity contribution in [3.05, 3.63) is 33.8 Å². The molecule has 0 fully saturated rings. The Bertz CT molecular complexity index is 375. The van der Waals surface area contributed by atoms with Gasteiger partial charge in [-0.25, -0.2) is 0 Å². The van der Waals surface area contributed by atoms with E-state index in [1.165, 1.54) is 4.90 Å². The largest absolute Gasteiger partial charge is 0.389 e. The first kappa shape index (κ1) is 12.2. The van der Waals surface area contributed by atoms with Gasteiger partial charge in [-0.15, -0.1) is 0 Å². The average molecular weight is 272 g/mol. The highest BCUT2D eigenvalue weighted by molar-refractivity contribution is 9.10. The molecule has 0 spiro atoms. The third kappa shape index (κ3) is 2.79. The predicted octanol–water partition coefficient (Wildman–Crippen LogP) is 2.20. The second kappa shape index (κ2) is 4.77. The van der Waals surface area contributed by atoms with Crippen LogP contribution in [0.2, 0.25) is 0 Å². The minimum atomic E-state index is -0.539. The van der Waals surface area contributed by atoms with Crippen LogP contribution in [0.1, 0.15) is 28.9 Å². The maximum absolute atomic E-state index is 11.6. The van der Waals surface area contributed by atoms with Crippen molar-refractivity contribution in [2.24, 2.45) is 0 Å². The van der Waals surface area contributed by atoms with Crippen LogP contribution in [0.3, 0.4) is 0 Å². The summed E-state index contributed by atoms with van der Waals surface area (Å²) in [6.07, 6.45) is -0.539. The smallest absolute Gasteiger partial charge is 0.253 e. The number of hydrogen-bond acceptors (Lipinski definition) is 2. The summed E-state index contributed by atoms with van der Waals surface area (Å²) in [5.74, 6) is -0.0483. The molecule has 0 aliphatic heterocycles. The fourth-order valence-corrected chi connectivity index (χ4v) is 1.97. The van der Waals surface area contributed by atoms with Gasteiger partial charge in [0, 0.05) is 24.1 Å². The molecule has 1 N–H and O–H groups in total. The molecule has 3 nitrogen and oxygen atoms in total. The summed E-state index contributed by atoms with van der Waals surface area (Å²) in [5.41, 5.74) is 1.39. The van der Waals surface area contributed by atoms with Gasteiger partial charge in [0.2, 0.25) is 0 Å². The monoisotopic (exact) mass is 271 g/mol. The van der Waals surface area contributed by atoms with E-state index in [-0.39, 0.29) is 5.91 Å². The van der Waals surface area contributed by atoms with Gasteiger partial charge in [-0.3, -0.25) is 4.79 Å². The molecule has 15 heavy (non-hydrogen) atoms. The van der Waals surface area contributed by atoms with Crippen molar-refractivity contribution in [1.29, 1.82) is 0 Å². The highest BCUT2D eigenvalue weighted by Crippen LogP contribution is 2.24. The van der Waals surface area contributed by atoms with Crippen molar-refractivity contribution in [1.82, 2.24) is 4.90 Å². The average Bonchev–Trinajstić information content (AvgIpc) is 2.15. The lowest BCUT2D eigenvalue weighted by molar-refractivity contribution is 0.0827. The van der Waals surface area contributed by atoms with Crippen molar-refractivity contribution >= 4 is 21.8 Å². The van der Waals surface area contributed by atoms with Crippen molar-refractivity contribution in [2.45, 2.75) is 13.0 Å². The van der Waals surface area contributed by atoms with E-state index in [9.17, 15) is 9.90 Å². The summed E-state index contributed by atoms with van der Waals surface area (Å²) in [4.78, 5) is 13.1. The molecule has 0 aliphatic rings. The third-order valence-electron chi connectivity index (χ3n) is 2.10. The molecule has 0 radical (unpaired) electrons. The van der Waals surface area contributed by atoms with Gasteiger partial charge in [0.1, 0.15) is 0 Å². The van der Waals surface area contributed by atoms with Crippen LogP contribution in [0.4, 0.5) is 0 Å². The van der Waals surface area contributed by atoms with Crippen molar-refractivity contribution in [3.8, 4) is 0 Å². The Morgan fingerprint density at radius 2 is 2.07 bits per heavy atom. The van der Waals surface area contributed by atoms with E-state index in [0.717, 1.165) is 10.0 Å². The summed E-state index contributed by atoms with van der Waals surface area (Å²) in [6, 6.07) is 5.20. The minimum absolute atomic E-state index is 0.0483. The zero-order chi connectivity index (χ0) is 11.6. The van der Waals surface area contributed by atoms with E-state index < -0.39 is 6.10 Å². The summed E-state index contributed by atoms with van der Waals surface area (Å²) in [7, 11) is 3.41. The van der Waals surface area contributed by atoms with Gasteiger partial charge in [0.15, 0.2) is 0 Å². The molecule has 0 aliphatic carbocycles. The molecule has 82 valence electrons. The zero-order valence-electron chi connectivity index (χ0n) is 8.99. The molecule has 1 aromatic carbocycles. The standard InChI is InChI=1S/C11H14BrNO2/c1-7(14)9-5-4-8(6-10(9)12)11(15)13(2)3/h4-7,14H,1-3H3. The maximum atomic E-state index is 11.6. The minimum Gasteiger partial charge on any atom is -0.389 e. The van der Waals surface area contributed by atoms with Gasteiger partial charge >= 0.3 is 0 Å². The van der Waals surface area contributed by atoms with Crippen LogP contribution in [0, 0.1) is 0 Å². The molecule has 1 atom stereocenters. The second-order valence-electron chi connectivity index (χ2n) is 3.61. The number of aliphatic hydroxyl groups is 1. The third-order valence-corrected chi connectivity index (χ3v) is 2.79. The molecule has 0 saturated carbocycles. The number of benzene rings is 1. The lowest BCUT2D eigenvalue weighted by Crippen LogP contribution is -2.21. The molecule has 0 aromatic heterocycles. The first-order valence-electron chi connectivity index (χ1n) is 4.62. The van der Waals surface area contributed by atoms with Crippen LogP contribution in [-0.4, -0.2) is 30.0 Å². The van der Waals surface area contributed by atoms with E-state index in [1.807, 2.05) is 0 Å². The van der Waals surface area contributed by atoms with Crippen molar-refractivity contribution < 1.29 is 9.90 Å². The lowest BCUT2D eigenvalue weighted by Gasteiger charge is -2.12. The first-order chi connectivity index (χ1) is 6.93. The summed E-state index contributed by atoms with van der Waals surface area (Å²) < 4.78 is 0.755. The number of rotatable bonds is 2. The molecule has 0 saturated heterocycles. The number of aliphatic hydroxyl groups excluding tert-OH is 1. The van der Waals surface area contributed by atoms with Gasteiger partial charge in [0.25, 0.3) is 5.91 Å². The first-order valence-corrected chi connectivity index (χ1v) is 5.42. The van der Waals surface area contributed by atoms with Crippen LogP contribution in [0.25, 0.3) is 0 Å². The molecule has 1 amide bonds. The van der Waals surface area contributed by atoms with Crippen LogP contribution >= 0.6 is 15.9 Å². The highest BCUT2D eigenvalue weighted by atomic mass is 79.9. The number of hydrogen-bond donors (Lipinski definition) is 1. The molecular formula is C11H14BrNO2. The quantitative estimate of drug-likeness (QED) is 0.896. The molecule has 0 bridgehead atoms. The van der Waals surface area contributed by atoms with Gasteiger partial charge in [-0.05, 0) is 24.6 Å². The van der Waals surface area contributed by atoms with E-state index in [2.05, 4.69) is 15.9 Å². The molecule has 1 unspecified atom stereocenters. The van der Waals surface area contributed by atoms with Crippen LogP contribution in [0.5, 0.6) is 0 Å². The maximum Gasteiger partial charge on any atom is 0.253 e. The van der Waals surface area contributed by atoms with E-state index in [4.69, 9.17) is 0 Å². The van der Waals surface area contributed by atoms with E-state index in [0.29, 0.717) is 5.56 Å². The zero-order valence-corrected chi connectivity index (χ0v) is 10.6. The Morgan fingerprint density at radius 1 is 1.47 bits per heavy atom. The van der Waals surface area contributed by atoms with Gasteiger partial charge in [-0.2, -0.15) is 0 Å². The van der Waals surface area contributed by atoms with E-state index >= 15 is 0 Å². The fraction of sp³-hybridized carbons (Fsp3) is 0.364. The van der Waals surface area contributed by atoms with Crippen LogP contribution in [-0.2, 0) is 0 Å². The molecule has 0 heterocycles. The predicted molar refractivity (Wildman–Crippen MR) is 62.8 cm³/mol. The van der Waals surface area contributed by atoms with Gasteiger partial charge in [-0.1, -0.05) is 22.0 Å². The van der Waals surface area contributed by atoms with Gasteiger partial charge < -0.3 is 10.0 Å². The number of halogens is 1. The Hall–Kier alpha value is -0.870. The SMILES string of the molecule is CC(O)c1ccc(C(=O)N(C)C)cc1Br. The normalized spacial score (nSPS) is 12.3. The molecule has 4 heteroatoms. The lowest BCUT2D eigenvalue weighted by atomic mass is 10.1. The number of carbonyl (C=O) groups excluding carboxylic acids is 1. The van der Waals surface area contributed by atoms with Gasteiger partial charge in [0.05, 0.1) is 6.10 Å². The van der Waals surface area contributed by atoms with Crippen LogP contribution < -0.4 is 0 Å². The number of carbonyl (C=O) groups is 1. The van der Waals surface area contributed by atoms with Crippen molar-refractivity contribution in [3.63, 3.8) is 0 Å². The van der Waals surface area contributed by atoms with E-state index in [1.54, 1.807) is 39.2 Å². The Kier molecular flexibility index (Phi) is 3.88. The van der Waals surface area contributed by atoms with Crippen LogP contribution in [0.15, 0.2) is 22.7 Å². The molecule has 1 aromatic rings. The molecule has 1 rings (SSSR count). The number of amides is 1. The molecular weight excluding hydrogens is 258 g/mol. The fourth-order valence-electron chi connectivity index (χ4n) is 1.26. The highest BCUT2D eigenvalue weighted by Gasteiger charge is 2.11. The summed E-state index contributed by atoms with van der Waals surface area (Å²) in [5, 5.41) is 9.42. The summed E-state index contributed by atoms with van der Waals surface area (Å²) >= 11 is 3.33. The topological polar surface area (TPSA) is 40.5 Å². The second-order valence-corrected chi connectivity index (χ2v) is 4.47. The summed E-state index contributed by atoms with van der Waals surface area (Å²) in [6.45, 7) is 1.69. The Labute approximate surface area is 97.8 Å². The Balaban J connectivity index is 3.07. The Morgan fingerprint density at radius 3 is 2.47 bits per heavy atom.